The van der Waals surface area contributed by atoms with Crippen LogP contribution >= 0.6 is 12.2 Å². The van der Waals surface area contributed by atoms with Gasteiger partial charge in [-0.3, -0.25) is 0 Å². The summed E-state index contributed by atoms with van der Waals surface area (Å²) in [7, 11) is -1.65. The van der Waals surface area contributed by atoms with Gasteiger partial charge < -0.3 is 14.1 Å². The largest absolute Gasteiger partial charge is 0.465 e. The molecule has 2 rings (SSSR count). The number of hydrogen-bond donors (Lipinski definition) is 0. The van der Waals surface area contributed by atoms with Crippen molar-refractivity contribution in [3.8, 4) is 0 Å². The van der Waals surface area contributed by atoms with Crippen molar-refractivity contribution in [3.05, 3.63) is 0 Å². The van der Waals surface area contributed by atoms with E-state index in [0.29, 0.717) is 22.7 Å². The third kappa shape index (κ3) is 3.77. The average molecular weight is 358 g/mol. The number of ether oxygens (including phenoxy) is 1. The molecule has 0 bridgehead atoms. The molecular weight excluding hydrogens is 322 g/mol. The molecule has 2 fully saturated rings. The molecule has 23 heavy (non-hydrogen) atoms. The summed E-state index contributed by atoms with van der Waals surface area (Å²) < 4.78 is 12.4. The topological polar surface area (TPSA) is 21.7 Å². The molecule has 1 saturated carbocycles. The van der Waals surface area contributed by atoms with E-state index in [4.69, 9.17) is 21.4 Å². The van der Waals surface area contributed by atoms with E-state index in [2.05, 4.69) is 45.7 Å². The van der Waals surface area contributed by atoms with Gasteiger partial charge in [-0.05, 0) is 70.9 Å². The van der Waals surface area contributed by atoms with Crippen molar-refractivity contribution in [1.82, 2.24) is 4.90 Å². The molecule has 0 N–H and O–H groups in total. The van der Waals surface area contributed by atoms with E-state index in [0.717, 1.165) is 6.54 Å². The maximum Gasteiger partial charge on any atom is 0.260 e. The van der Waals surface area contributed by atoms with Gasteiger partial charge in [-0.15, -0.1) is 0 Å². The molecule has 5 heteroatoms. The van der Waals surface area contributed by atoms with Crippen LogP contribution < -0.4 is 0 Å². The number of rotatable bonds is 2. The second-order valence-corrected chi connectivity index (χ2v) is 15.2. The van der Waals surface area contributed by atoms with Crippen LogP contribution in [0, 0.1) is 5.41 Å². The third-order valence-electron chi connectivity index (χ3n) is 6.00. The van der Waals surface area contributed by atoms with Gasteiger partial charge in [0.1, 0.15) is 5.60 Å². The van der Waals surface area contributed by atoms with Crippen molar-refractivity contribution in [1.29, 1.82) is 0 Å². The van der Waals surface area contributed by atoms with Crippen molar-refractivity contribution in [2.24, 2.45) is 5.41 Å². The molecule has 0 radical (unpaired) electrons. The molecule has 2 aliphatic rings. The van der Waals surface area contributed by atoms with Crippen LogP contribution in [0.25, 0.3) is 0 Å². The minimum atomic E-state index is -1.65. The molecule has 0 aromatic carbocycles. The van der Waals surface area contributed by atoms with E-state index in [1.807, 2.05) is 20.8 Å². The van der Waals surface area contributed by atoms with Gasteiger partial charge in [-0.25, -0.2) is 0 Å². The highest BCUT2D eigenvalue weighted by atomic mass is 32.1. The molecule has 1 aliphatic carbocycles. The Kier molecular flexibility index (Phi) is 4.76. The Hall–Kier alpha value is -0.133. The van der Waals surface area contributed by atoms with Gasteiger partial charge in [0.15, 0.2) is 8.32 Å². The monoisotopic (exact) mass is 357 g/mol. The van der Waals surface area contributed by atoms with E-state index in [1.165, 1.54) is 12.8 Å². The second kappa shape index (κ2) is 5.70. The van der Waals surface area contributed by atoms with Crippen LogP contribution in [-0.2, 0) is 9.16 Å². The van der Waals surface area contributed by atoms with Gasteiger partial charge in [0, 0.05) is 24.1 Å². The number of thiocarbonyl (C=S) groups is 1. The minimum Gasteiger partial charge on any atom is -0.465 e. The summed E-state index contributed by atoms with van der Waals surface area (Å²) in [6, 6.07) is 0.469. The SMILES string of the molecule is CC1N(C(=S)OC(C)(C)C)CC12CC(O[Si](C)(C)C(C)(C)C)C2. The van der Waals surface area contributed by atoms with Crippen LogP contribution in [-0.4, -0.2) is 42.7 Å². The normalized spacial score (nSPS) is 31.6. The lowest BCUT2D eigenvalue weighted by Crippen LogP contribution is -2.71. The number of hydrogen-bond acceptors (Lipinski definition) is 3. The Morgan fingerprint density at radius 3 is 2.04 bits per heavy atom. The van der Waals surface area contributed by atoms with E-state index in [9.17, 15) is 0 Å². The number of nitrogens with zero attached hydrogens (tertiary/aromatic N) is 1. The van der Waals surface area contributed by atoms with Crippen LogP contribution in [0.2, 0.25) is 18.1 Å². The first-order chi connectivity index (χ1) is 10.2. The summed E-state index contributed by atoms with van der Waals surface area (Å²) in [4.78, 5) is 2.24. The molecule has 1 heterocycles. The van der Waals surface area contributed by atoms with Gasteiger partial charge in [-0.1, -0.05) is 20.8 Å². The van der Waals surface area contributed by atoms with E-state index >= 15 is 0 Å². The van der Waals surface area contributed by atoms with Crippen molar-refractivity contribution in [2.75, 3.05) is 6.54 Å². The maximum absolute atomic E-state index is 6.55. The van der Waals surface area contributed by atoms with Crippen molar-refractivity contribution in [2.45, 2.75) is 97.2 Å². The zero-order valence-corrected chi connectivity index (χ0v) is 18.3. The predicted molar refractivity (Wildman–Crippen MR) is 103 cm³/mol. The summed E-state index contributed by atoms with van der Waals surface area (Å²) >= 11 is 5.47. The van der Waals surface area contributed by atoms with Gasteiger partial charge in [0.05, 0.1) is 0 Å². The smallest absolute Gasteiger partial charge is 0.260 e. The molecule has 1 atom stereocenters. The molecule has 3 nitrogen and oxygen atoms in total. The first kappa shape index (κ1) is 19.2. The summed E-state index contributed by atoms with van der Waals surface area (Å²) in [5, 5.41) is 0.944. The fraction of sp³-hybridized carbons (Fsp3) is 0.944. The molecule has 1 unspecified atom stereocenters. The highest BCUT2D eigenvalue weighted by Crippen LogP contribution is 2.55. The molecule has 1 saturated heterocycles. The molecular formula is C18H35NO2SSi. The number of likely N-dealkylation sites (tertiary alicyclic amines) is 1. The Balaban J connectivity index is 1.85. The molecule has 134 valence electrons. The molecule has 0 amide bonds. The zero-order chi connectivity index (χ0) is 17.8. The van der Waals surface area contributed by atoms with Crippen LogP contribution in [0.5, 0.6) is 0 Å². The Morgan fingerprint density at radius 2 is 1.65 bits per heavy atom. The lowest BCUT2D eigenvalue weighted by atomic mass is 9.57. The Morgan fingerprint density at radius 1 is 1.13 bits per heavy atom. The van der Waals surface area contributed by atoms with Crippen molar-refractivity contribution < 1.29 is 9.16 Å². The fourth-order valence-corrected chi connectivity index (χ4v) is 5.19. The van der Waals surface area contributed by atoms with Gasteiger partial charge in [-0.2, -0.15) is 0 Å². The average Bonchev–Trinajstić information content (AvgIpc) is 2.26. The lowest BCUT2D eigenvalue weighted by molar-refractivity contribution is -0.145. The van der Waals surface area contributed by atoms with Gasteiger partial charge in [0.2, 0.25) is 0 Å². The van der Waals surface area contributed by atoms with Crippen molar-refractivity contribution >= 4 is 25.7 Å². The zero-order valence-electron chi connectivity index (χ0n) is 16.4. The maximum atomic E-state index is 6.55. The quantitative estimate of drug-likeness (QED) is 0.514. The second-order valence-electron chi connectivity index (χ2n) is 10.1. The van der Waals surface area contributed by atoms with Gasteiger partial charge in [0.25, 0.3) is 5.17 Å². The Labute approximate surface area is 149 Å². The molecule has 0 aromatic heterocycles. The van der Waals surface area contributed by atoms with E-state index in [-0.39, 0.29) is 10.6 Å². The Bertz CT molecular complexity index is 472. The first-order valence-corrected chi connectivity index (χ1v) is 12.2. The van der Waals surface area contributed by atoms with Crippen molar-refractivity contribution in [3.63, 3.8) is 0 Å². The van der Waals surface area contributed by atoms with Crippen LogP contribution in [0.1, 0.15) is 61.3 Å². The summed E-state index contributed by atoms with van der Waals surface area (Å²) in [6.07, 6.45) is 2.79. The standard InChI is InChI=1S/C18H35NO2SSi/c1-13-18(12-19(13)15(22)20-16(2,3)4)10-14(11-18)21-23(8,9)17(5,6)7/h13-14H,10-12H2,1-9H3. The minimum absolute atomic E-state index is 0.215. The molecule has 1 aliphatic heterocycles. The predicted octanol–water partition coefficient (Wildman–Crippen LogP) is 4.96. The molecule has 0 aromatic rings. The van der Waals surface area contributed by atoms with Crippen LogP contribution in [0.3, 0.4) is 0 Å². The summed E-state index contributed by atoms with van der Waals surface area (Å²) in [5.41, 5.74) is 0.186. The lowest BCUT2D eigenvalue weighted by Gasteiger charge is -2.65. The first-order valence-electron chi connectivity index (χ1n) is 8.84. The van der Waals surface area contributed by atoms with E-state index in [1.54, 1.807) is 0 Å². The van der Waals surface area contributed by atoms with Gasteiger partial charge >= 0.3 is 0 Å². The summed E-state index contributed by atoms with van der Waals surface area (Å²) in [6.45, 7) is 21.1. The van der Waals surface area contributed by atoms with Crippen LogP contribution in [0.15, 0.2) is 0 Å². The highest BCUT2D eigenvalue weighted by Gasteiger charge is 2.60. The van der Waals surface area contributed by atoms with Crippen LogP contribution in [0.4, 0.5) is 0 Å². The van der Waals surface area contributed by atoms with E-state index < -0.39 is 8.32 Å². The summed E-state index contributed by atoms with van der Waals surface area (Å²) in [5.74, 6) is 0. The fourth-order valence-electron chi connectivity index (χ4n) is 3.36. The third-order valence-corrected chi connectivity index (χ3v) is 10.9. The highest BCUT2D eigenvalue weighted by molar-refractivity contribution is 7.80. The molecule has 1 spiro atoms.